The normalized spacial score (nSPS) is 10.7. The van der Waals surface area contributed by atoms with E-state index in [4.69, 9.17) is 10.5 Å². The summed E-state index contributed by atoms with van der Waals surface area (Å²) in [6.45, 7) is 2.54. The first-order valence-corrected chi connectivity index (χ1v) is 5.25. The van der Waals surface area contributed by atoms with Gasteiger partial charge in [-0.1, -0.05) is 24.3 Å². The molecule has 3 heteroatoms. The molecule has 0 unspecified atom stereocenters. The molecule has 0 aliphatic carbocycles. The Labute approximate surface area is 95.9 Å². The second kappa shape index (κ2) is 6.08. The lowest BCUT2D eigenvalue weighted by Crippen LogP contribution is -2.04. The highest BCUT2D eigenvalue weighted by molar-refractivity contribution is 5.92. The van der Waals surface area contributed by atoms with Crippen LogP contribution in [0.3, 0.4) is 0 Å². The minimum Gasteiger partial charge on any atom is -0.465 e. The lowest BCUT2D eigenvalue weighted by Gasteiger charge is -2.06. The average molecular weight is 219 g/mol. The van der Waals surface area contributed by atoms with Gasteiger partial charge in [0, 0.05) is 0 Å². The van der Waals surface area contributed by atoms with Gasteiger partial charge in [0.25, 0.3) is 0 Å². The second-order valence-corrected chi connectivity index (χ2v) is 3.49. The highest BCUT2D eigenvalue weighted by Crippen LogP contribution is 2.16. The van der Waals surface area contributed by atoms with Crippen LogP contribution in [0.15, 0.2) is 24.3 Å². The highest BCUT2D eigenvalue weighted by atomic mass is 16.5. The molecule has 1 rings (SSSR count). The van der Waals surface area contributed by atoms with Crippen molar-refractivity contribution in [1.29, 1.82) is 0 Å². The molecule has 3 nitrogen and oxygen atoms in total. The summed E-state index contributed by atoms with van der Waals surface area (Å²) in [6, 6.07) is 5.58. The molecule has 0 spiro atoms. The van der Waals surface area contributed by atoms with Gasteiger partial charge in [0.15, 0.2) is 0 Å². The maximum absolute atomic E-state index is 11.5. The predicted molar refractivity (Wildman–Crippen MR) is 65.2 cm³/mol. The zero-order valence-electron chi connectivity index (χ0n) is 9.69. The summed E-state index contributed by atoms with van der Waals surface area (Å²) in [5.74, 6) is -0.299. The number of rotatable bonds is 4. The van der Waals surface area contributed by atoms with Gasteiger partial charge in [0.1, 0.15) is 0 Å². The summed E-state index contributed by atoms with van der Waals surface area (Å²) >= 11 is 0. The number of ether oxygens (including phenoxy) is 1. The van der Waals surface area contributed by atoms with Crippen LogP contribution in [0.25, 0.3) is 6.08 Å². The molecule has 0 amide bonds. The Morgan fingerprint density at radius 2 is 2.25 bits per heavy atom. The van der Waals surface area contributed by atoms with Crippen LogP contribution in [0, 0.1) is 6.92 Å². The van der Waals surface area contributed by atoms with E-state index in [1.165, 1.54) is 7.11 Å². The monoisotopic (exact) mass is 219 g/mol. The van der Waals surface area contributed by atoms with Gasteiger partial charge in [-0.15, -0.1) is 0 Å². The molecule has 0 saturated carbocycles. The smallest absolute Gasteiger partial charge is 0.338 e. The second-order valence-electron chi connectivity index (χ2n) is 3.49. The van der Waals surface area contributed by atoms with Crippen molar-refractivity contribution < 1.29 is 9.53 Å². The molecule has 0 fully saturated rings. The van der Waals surface area contributed by atoms with Crippen LogP contribution >= 0.6 is 0 Å². The minimum absolute atomic E-state index is 0.299. The molecule has 86 valence electrons. The van der Waals surface area contributed by atoms with Crippen LogP contribution in [0.2, 0.25) is 0 Å². The molecule has 0 atom stereocenters. The van der Waals surface area contributed by atoms with Gasteiger partial charge in [-0.3, -0.25) is 0 Å². The number of carbonyl (C=O) groups excluding carboxylic acids is 1. The van der Waals surface area contributed by atoms with E-state index in [1.807, 2.05) is 31.2 Å². The predicted octanol–water partition coefficient (Wildman–Crippen LogP) is 2.14. The van der Waals surface area contributed by atoms with Crippen molar-refractivity contribution in [3.05, 3.63) is 41.0 Å². The Morgan fingerprint density at radius 1 is 1.50 bits per heavy atom. The summed E-state index contributed by atoms with van der Waals surface area (Å²) in [5, 5.41) is 0. The standard InChI is InChI=1S/C13H17NO2/c1-10-11(6-3-4-9-14)7-5-8-12(10)13(15)16-2/h3,5-8H,4,9,14H2,1-2H3. The van der Waals surface area contributed by atoms with Crippen LogP contribution < -0.4 is 5.73 Å². The van der Waals surface area contributed by atoms with Crippen molar-refractivity contribution in [1.82, 2.24) is 0 Å². The first-order chi connectivity index (χ1) is 7.70. The molecule has 0 bridgehead atoms. The SMILES string of the molecule is COC(=O)c1cccc(C=CCCN)c1C. The van der Waals surface area contributed by atoms with Gasteiger partial charge in [0.05, 0.1) is 12.7 Å². The molecule has 0 saturated heterocycles. The molecule has 0 aromatic heterocycles. The van der Waals surface area contributed by atoms with E-state index < -0.39 is 0 Å². The molecular formula is C13H17NO2. The average Bonchev–Trinajstić information content (AvgIpc) is 2.30. The fraction of sp³-hybridized carbons (Fsp3) is 0.308. The van der Waals surface area contributed by atoms with E-state index in [2.05, 4.69) is 0 Å². The Bertz CT molecular complexity index is 397. The summed E-state index contributed by atoms with van der Waals surface area (Å²) < 4.78 is 4.71. The van der Waals surface area contributed by atoms with Gasteiger partial charge in [-0.25, -0.2) is 4.79 Å². The quantitative estimate of drug-likeness (QED) is 0.789. The van der Waals surface area contributed by atoms with Gasteiger partial charge < -0.3 is 10.5 Å². The van der Waals surface area contributed by atoms with E-state index >= 15 is 0 Å². The molecule has 0 aliphatic rings. The van der Waals surface area contributed by atoms with Gasteiger partial charge in [0.2, 0.25) is 0 Å². The van der Waals surface area contributed by atoms with E-state index in [9.17, 15) is 4.79 Å². The van der Waals surface area contributed by atoms with Crippen LogP contribution in [0.4, 0.5) is 0 Å². The maximum Gasteiger partial charge on any atom is 0.338 e. The van der Waals surface area contributed by atoms with E-state index in [0.717, 1.165) is 17.5 Å². The number of methoxy groups -OCH3 is 1. The van der Waals surface area contributed by atoms with Crippen LogP contribution in [-0.2, 0) is 4.74 Å². The fourth-order valence-corrected chi connectivity index (χ4v) is 1.47. The first-order valence-electron chi connectivity index (χ1n) is 5.25. The summed E-state index contributed by atoms with van der Waals surface area (Å²) in [4.78, 5) is 11.5. The fourth-order valence-electron chi connectivity index (χ4n) is 1.47. The van der Waals surface area contributed by atoms with Crippen molar-refractivity contribution >= 4 is 12.0 Å². The third-order valence-corrected chi connectivity index (χ3v) is 2.41. The van der Waals surface area contributed by atoms with Crippen LogP contribution in [-0.4, -0.2) is 19.6 Å². The third kappa shape index (κ3) is 2.94. The molecule has 16 heavy (non-hydrogen) atoms. The Kier molecular flexibility index (Phi) is 4.73. The van der Waals surface area contributed by atoms with Crippen molar-refractivity contribution in [3.63, 3.8) is 0 Å². The van der Waals surface area contributed by atoms with Crippen molar-refractivity contribution in [2.75, 3.05) is 13.7 Å². The Morgan fingerprint density at radius 3 is 2.88 bits per heavy atom. The lowest BCUT2D eigenvalue weighted by atomic mass is 10.0. The van der Waals surface area contributed by atoms with E-state index in [1.54, 1.807) is 6.07 Å². The summed E-state index contributed by atoms with van der Waals surface area (Å²) in [7, 11) is 1.39. The zero-order chi connectivity index (χ0) is 12.0. The van der Waals surface area contributed by atoms with Gasteiger partial charge in [-0.05, 0) is 37.1 Å². The Balaban J connectivity index is 2.99. The molecular weight excluding hydrogens is 202 g/mol. The highest BCUT2D eigenvalue weighted by Gasteiger charge is 2.09. The van der Waals surface area contributed by atoms with Crippen LogP contribution in [0.5, 0.6) is 0 Å². The zero-order valence-corrected chi connectivity index (χ0v) is 9.69. The summed E-state index contributed by atoms with van der Waals surface area (Å²) in [6.07, 6.45) is 4.82. The third-order valence-electron chi connectivity index (χ3n) is 2.41. The number of hydrogen-bond acceptors (Lipinski definition) is 3. The first kappa shape index (κ1) is 12.5. The molecule has 0 aliphatic heterocycles. The molecule has 2 N–H and O–H groups in total. The van der Waals surface area contributed by atoms with E-state index in [-0.39, 0.29) is 5.97 Å². The van der Waals surface area contributed by atoms with E-state index in [0.29, 0.717) is 12.1 Å². The number of hydrogen-bond donors (Lipinski definition) is 1. The number of nitrogens with two attached hydrogens (primary N) is 1. The van der Waals surface area contributed by atoms with Crippen LogP contribution in [0.1, 0.15) is 27.9 Å². The molecule has 0 radical (unpaired) electrons. The van der Waals surface area contributed by atoms with Gasteiger partial charge >= 0.3 is 5.97 Å². The Hall–Kier alpha value is -1.61. The lowest BCUT2D eigenvalue weighted by molar-refractivity contribution is 0.0600. The number of carbonyl (C=O) groups is 1. The number of esters is 1. The molecule has 1 aromatic carbocycles. The van der Waals surface area contributed by atoms with Crippen molar-refractivity contribution in [2.45, 2.75) is 13.3 Å². The van der Waals surface area contributed by atoms with Crippen molar-refractivity contribution in [3.8, 4) is 0 Å². The van der Waals surface area contributed by atoms with Gasteiger partial charge in [-0.2, -0.15) is 0 Å². The maximum atomic E-state index is 11.5. The molecule has 1 aromatic rings. The van der Waals surface area contributed by atoms with Crippen molar-refractivity contribution in [2.24, 2.45) is 5.73 Å². The molecule has 0 heterocycles. The topological polar surface area (TPSA) is 52.3 Å². The minimum atomic E-state index is -0.299. The summed E-state index contributed by atoms with van der Waals surface area (Å²) in [5.41, 5.74) is 7.97. The number of benzene rings is 1. The largest absolute Gasteiger partial charge is 0.465 e.